The van der Waals surface area contributed by atoms with E-state index < -0.39 is 5.97 Å². The number of carbonyl (C=O) groups is 1. The molecule has 0 spiro atoms. The Morgan fingerprint density at radius 2 is 2.26 bits per heavy atom. The van der Waals surface area contributed by atoms with Gasteiger partial charge in [-0.2, -0.15) is 0 Å². The van der Waals surface area contributed by atoms with Crippen molar-refractivity contribution in [2.75, 3.05) is 14.2 Å². The molecule has 0 amide bonds. The van der Waals surface area contributed by atoms with Crippen molar-refractivity contribution < 1.29 is 14.6 Å². The van der Waals surface area contributed by atoms with Crippen LogP contribution in [0.15, 0.2) is 24.3 Å². The van der Waals surface area contributed by atoms with Crippen LogP contribution in [-0.2, 0) is 11.3 Å². The van der Waals surface area contributed by atoms with Gasteiger partial charge in [-0.1, -0.05) is 6.07 Å². The molecule has 0 atom stereocenters. The monoisotopic (exact) mass is 261 g/mol. The van der Waals surface area contributed by atoms with Gasteiger partial charge in [0.05, 0.1) is 7.11 Å². The van der Waals surface area contributed by atoms with Gasteiger partial charge in [-0.25, -0.2) is 4.79 Å². The maximum Gasteiger partial charge on any atom is 0.328 e. The minimum absolute atomic E-state index is 0.690. The van der Waals surface area contributed by atoms with E-state index in [-0.39, 0.29) is 0 Å². The standard InChI is InChI=1S/C15H19NO3/c1-16(13-5-6-13)10-11-3-7-14(19-2)12(9-11)4-8-15(17)18/h3-4,7-9,13H,5-6,10H2,1-2H3,(H,17,18)/b8-4+. The van der Waals surface area contributed by atoms with Gasteiger partial charge in [-0.15, -0.1) is 0 Å². The number of nitrogens with zero attached hydrogens (tertiary/aromatic N) is 1. The van der Waals surface area contributed by atoms with Crippen molar-refractivity contribution in [3.63, 3.8) is 0 Å². The van der Waals surface area contributed by atoms with E-state index in [2.05, 4.69) is 11.9 Å². The molecule has 0 radical (unpaired) electrons. The predicted octanol–water partition coefficient (Wildman–Crippen LogP) is 2.39. The van der Waals surface area contributed by atoms with Gasteiger partial charge in [0.1, 0.15) is 5.75 Å². The first-order chi connectivity index (χ1) is 9.10. The van der Waals surface area contributed by atoms with Crippen molar-refractivity contribution >= 4 is 12.0 Å². The van der Waals surface area contributed by atoms with Crippen molar-refractivity contribution in [1.29, 1.82) is 0 Å². The fourth-order valence-electron chi connectivity index (χ4n) is 2.11. The van der Waals surface area contributed by atoms with Crippen LogP contribution in [-0.4, -0.2) is 36.2 Å². The Morgan fingerprint density at radius 3 is 2.84 bits per heavy atom. The summed E-state index contributed by atoms with van der Waals surface area (Å²) in [5.41, 5.74) is 1.96. The lowest BCUT2D eigenvalue weighted by molar-refractivity contribution is -0.131. The molecule has 19 heavy (non-hydrogen) atoms. The van der Waals surface area contributed by atoms with E-state index in [0.717, 1.165) is 18.2 Å². The number of hydrogen-bond donors (Lipinski definition) is 1. The first-order valence-electron chi connectivity index (χ1n) is 6.38. The van der Waals surface area contributed by atoms with Gasteiger partial charge in [-0.05, 0) is 43.7 Å². The molecule has 1 aromatic carbocycles. The normalized spacial score (nSPS) is 15.1. The largest absolute Gasteiger partial charge is 0.496 e. The van der Waals surface area contributed by atoms with Crippen LogP contribution in [0.5, 0.6) is 5.75 Å². The molecule has 1 aromatic rings. The van der Waals surface area contributed by atoms with E-state index in [1.807, 2.05) is 18.2 Å². The lowest BCUT2D eigenvalue weighted by Gasteiger charge is -2.16. The summed E-state index contributed by atoms with van der Waals surface area (Å²) in [6.45, 7) is 0.878. The van der Waals surface area contributed by atoms with E-state index in [0.29, 0.717) is 11.8 Å². The van der Waals surface area contributed by atoms with E-state index in [4.69, 9.17) is 9.84 Å². The maximum atomic E-state index is 10.6. The Labute approximate surface area is 113 Å². The predicted molar refractivity (Wildman–Crippen MR) is 74.2 cm³/mol. The summed E-state index contributed by atoms with van der Waals surface area (Å²) in [7, 11) is 3.71. The molecule has 1 saturated carbocycles. The van der Waals surface area contributed by atoms with Crippen LogP contribution in [0.25, 0.3) is 6.08 Å². The molecule has 1 aliphatic carbocycles. The molecular weight excluding hydrogens is 242 g/mol. The molecule has 1 aliphatic rings. The van der Waals surface area contributed by atoms with E-state index in [1.165, 1.54) is 18.4 Å². The van der Waals surface area contributed by atoms with Crippen molar-refractivity contribution in [2.24, 2.45) is 0 Å². The van der Waals surface area contributed by atoms with Crippen molar-refractivity contribution in [1.82, 2.24) is 4.90 Å². The number of methoxy groups -OCH3 is 1. The highest BCUT2D eigenvalue weighted by molar-refractivity contribution is 5.85. The van der Waals surface area contributed by atoms with Crippen molar-refractivity contribution in [3.8, 4) is 5.75 Å². The van der Waals surface area contributed by atoms with E-state index in [1.54, 1.807) is 13.2 Å². The fourth-order valence-corrected chi connectivity index (χ4v) is 2.11. The highest BCUT2D eigenvalue weighted by atomic mass is 16.5. The average molecular weight is 261 g/mol. The second kappa shape index (κ2) is 5.89. The third kappa shape index (κ3) is 3.83. The van der Waals surface area contributed by atoms with Gasteiger partial charge in [0.2, 0.25) is 0 Å². The summed E-state index contributed by atoms with van der Waals surface area (Å²) in [5, 5.41) is 8.70. The minimum Gasteiger partial charge on any atom is -0.496 e. The molecule has 1 fully saturated rings. The maximum absolute atomic E-state index is 10.6. The zero-order valence-corrected chi connectivity index (χ0v) is 11.3. The SMILES string of the molecule is COc1ccc(CN(C)C2CC2)cc1/C=C/C(=O)O. The highest BCUT2D eigenvalue weighted by Gasteiger charge is 2.25. The number of carboxylic acids is 1. The summed E-state index contributed by atoms with van der Waals surface area (Å²) in [4.78, 5) is 12.9. The summed E-state index contributed by atoms with van der Waals surface area (Å²) in [6.07, 6.45) is 5.25. The molecule has 0 saturated heterocycles. The Morgan fingerprint density at radius 1 is 1.53 bits per heavy atom. The third-order valence-corrected chi connectivity index (χ3v) is 3.30. The molecule has 102 valence electrons. The summed E-state index contributed by atoms with van der Waals surface area (Å²) < 4.78 is 5.24. The lowest BCUT2D eigenvalue weighted by atomic mass is 10.1. The second-order valence-electron chi connectivity index (χ2n) is 4.89. The highest BCUT2D eigenvalue weighted by Crippen LogP contribution is 2.28. The van der Waals surface area contributed by atoms with Crippen molar-refractivity contribution in [3.05, 3.63) is 35.4 Å². The van der Waals surface area contributed by atoms with Gasteiger partial charge in [0, 0.05) is 24.2 Å². The van der Waals surface area contributed by atoms with E-state index >= 15 is 0 Å². The number of aliphatic carboxylic acids is 1. The molecule has 2 rings (SSSR count). The molecule has 0 heterocycles. The second-order valence-corrected chi connectivity index (χ2v) is 4.89. The number of ether oxygens (including phenoxy) is 1. The molecule has 1 N–H and O–H groups in total. The van der Waals surface area contributed by atoms with Gasteiger partial charge in [0.15, 0.2) is 0 Å². The molecule has 0 bridgehead atoms. The lowest BCUT2D eigenvalue weighted by Crippen LogP contribution is -2.19. The number of carboxylic acid groups (broad SMARTS) is 1. The summed E-state index contributed by atoms with van der Waals surface area (Å²) in [5.74, 6) is -0.266. The van der Waals surface area contributed by atoms with E-state index in [9.17, 15) is 4.79 Å². The quantitative estimate of drug-likeness (QED) is 0.799. The molecule has 4 heteroatoms. The minimum atomic E-state index is -0.956. The summed E-state index contributed by atoms with van der Waals surface area (Å²) in [6, 6.07) is 6.60. The molecule has 0 aliphatic heterocycles. The van der Waals surface area contributed by atoms with Crippen LogP contribution >= 0.6 is 0 Å². The van der Waals surface area contributed by atoms with Crippen LogP contribution in [0.1, 0.15) is 24.0 Å². The van der Waals surface area contributed by atoms with Gasteiger partial charge < -0.3 is 9.84 Å². The van der Waals surface area contributed by atoms with Crippen LogP contribution in [0, 0.1) is 0 Å². The fraction of sp³-hybridized carbons (Fsp3) is 0.400. The topological polar surface area (TPSA) is 49.8 Å². The van der Waals surface area contributed by atoms with Crippen LogP contribution in [0.4, 0.5) is 0 Å². The van der Waals surface area contributed by atoms with Crippen LogP contribution in [0.3, 0.4) is 0 Å². The zero-order chi connectivity index (χ0) is 13.8. The third-order valence-electron chi connectivity index (χ3n) is 3.30. The number of hydrogen-bond acceptors (Lipinski definition) is 3. The van der Waals surface area contributed by atoms with Gasteiger partial charge in [0.25, 0.3) is 0 Å². The summed E-state index contributed by atoms with van der Waals surface area (Å²) >= 11 is 0. The Balaban J connectivity index is 2.16. The molecule has 0 unspecified atom stereocenters. The average Bonchev–Trinajstić information content (AvgIpc) is 3.20. The number of rotatable bonds is 6. The van der Waals surface area contributed by atoms with Crippen LogP contribution < -0.4 is 4.74 Å². The smallest absolute Gasteiger partial charge is 0.328 e. The van der Waals surface area contributed by atoms with Gasteiger partial charge in [-0.3, -0.25) is 4.90 Å². The molecule has 0 aromatic heterocycles. The molecule has 4 nitrogen and oxygen atoms in total. The molecular formula is C15H19NO3. The Bertz CT molecular complexity index is 492. The Hall–Kier alpha value is -1.81. The first kappa shape index (κ1) is 13.6. The van der Waals surface area contributed by atoms with Gasteiger partial charge >= 0.3 is 5.97 Å². The van der Waals surface area contributed by atoms with Crippen LogP contribution in [0.2, 0.25) is 0 Å². The first-order valence-corrected chi connectivity index (χ1v) is 6.38. The zero-order valence-electron chi connectivity index (χ0n) is 11.3. The Kier molecular flexibility index (Phi) is 4.22. The number of benzene rings is 1. The van der Waals surface area contributed by atoms with Crippen molar-refractivity contribution in [2.45, 2.75) is 25.4 Å².